The molecule has 0 fully saturated rings. The number of benzene rings is 1. The number of phosphoric ester groups is 2. The molecule has 7 N–H and O–H groups in total. The smallest absolute Gasteiger partial charge is 1.00 e. The summed E-state index contributed by atoms with van der Waals surface area (Å²) in [6, 6.07) is 4.81. The van der Waals surface area contributed by atoms with E-state index in [-0.39, 0.29) is 170 Å². The number of rotatable bonds is 90. The Balaban J connectivity index is -0.0000202. The molecular weight excluding hydrogens is 1700 g/mol. The van der Waals surface area contributed by atoms with Crippen LogP contribution < -0.4 is 90.4 Å². The molecule has 0 saturated carbocycles. The van der Waals surface area contributed by atoms with Gasteiger partial charge >= 0.3 is 92.8 Å². The number of hydrogen-bond donors (Lipinski definition) is 7. The van der Waals surface area contributed by atoms with Gasteiger partial charge in [0.25, 0.3) is 0 Å². The molecule has 4 unspecified atom stereocenters. The number of alkyl carbamates (subject to hydrolysis) is 1. The molecule has 0 aliphatic carbocycles. The van der Waals surface area contributed by atoms with Crippen molar-refractivity contribution in [1.29, 1.82) is 0 Å². The number of phosphoric acid groups is 2. The molecule has 0 saturated heterocycles. The van der Waals surface area contributed by atoms with Gasteiger partial charge in [0.2, 0.25) is 23.6 Å². The minimum absolute atomic E-state index is 0. The van der Waals surface area contributed by atoms with E-state index in [2.05, 4.69) is 92.4 Å². The molecule has 742 valence electrons. The molecule has 129 heavy (non-hydrogen) atoms. The van der Waals surface area contributed by atoms with Gasteiger partial charge in [0.05, 0.1) is 71.5 Å². The zero-order valence-corrected chi connectivity index (χ0v) is 88.7. The Hall–Kier alpha value is -3.27. The van der Waals surface area contributed by atoms with Crippen LogP contribution in [0.15, 0.2) is 48.6 Å². The van der Waals surface area contributed by atoms with E-state index in [0.717, 1.165) is 141 Å². The van der Waals surface area contributed by atoms with Gasteiger partial charge in [0.1, 0.15) is 36.1 Å². The third-order valence-corrected chi connectivity index (χ3v) is 23.9. The number of carbonyl (C=O) groups is 7. The first kappa shape index (κ1) is 128. The van der Waals surface area contributed by atoms with Crippen LogP contribution in [0, 0.1) is 5.92 Å². The van der Waals surface area contributed by atoms with Crippen LogP contribution in [0.4, 0.5) is 4.79 Å². The van der Waals surface area contributed by atoms with E-state index in [9.17, 15) is 52.5 Å². The van der Waals surface area contributed by atoms with E-state index in [1.54, 1.807) is 45.0 Å². The Kier molecular flexibility index (Phi) is 87.8. The maximum Gasteiger partial charge on any atom is 1.00 e. The third-order valence-electron chi connectivity index (χ3n) is 21.9. The predicted molar refractivity (Wildman–Crippen MR) is 512 cm³/mol. The summed E-state index contributed by atoms with van der Waals surface area (Å²) in [5.74, 6) is -3.68. The summed E-state index contributed by atoms with van der Waals surface area (Å²) in [7, 11) is -9.75. The summed E-state index contributed by atoms with van der Waals surface area (Å²) >= 11 is 0. The van der Waals surface area contributed by atoms with Crippen LogP contribution in [0.2, 0.25) is 0 Å². The SMILES string of the molecule is CCCCCC/C=C\CCCC(=O)O[C@H](CCCCCCC)CCOCC(COP(=O)(O)OCCNC(=O)C(Cc1ccc(OCCNC(=O)OC(C)(C)C)cc1)C(=O)NCCOP(=O)(O)OCC(COCC[C@@H](CCCCCCC)OC(=O)CCC/C=C\CCCCCC)NC(=O)CCCCCCCCCCCCC)NC(=O)CCCCCCCCCCCCC.[H-].[H-].[Na+].[Na+]. The van der Waals surface area contributed by atoms with Crippen molar-refractivity contribution in [3.05, 3.63) is 54.1 Å². The number of esters is 2. The molecule has 30 heteroatoms. The molecule has 1 aromatic carbocycles. The monoisotopic (exact) mass is 1890 g/mol. The van der Waals surface area contributed by atoms with Gasteiger partial charge in [0, 0.05) is 51.6 Å². The summed E-state index contributed by atoms with van der Waals surface area (Å²) in [4.78, 5) is 116. The molecule has 26 nitrogen and oxygen atoms in total. The van der Waals surface area contributed by atoms with E-state index in [0.29, 0.717) is 75.5 Å². The zero-order valence-electron chi connectivity index (χ0n) is 84.9. The van der Waals surface area contributed by atoms with Gasteiger partial charge < -0.3 is 67.6 Å². The van der Waals surface area contributed by atoms with Gasteiger partial charge in [-0.05, 0) is 135 Å². The first-order chi connectivity index (χ1) is 61.4. The topological polar surface area (TPSA) is 347 Å². The molecule has 0 bridgehead atoms. The van der Waals surface area contributed by atoms with Gasteiger partial charge in [-0.15, -0.1) is 0 Å². The van der Waals surface area contributed by atoms with E-state index < -0.39 is 83.6 Å². The molecule has 6 atom stereocenters. The van der Waals surface area contributed by atoms with Gasteiger partial charge in [-0.1, -0.05) is 296 Å². The molecule has 0 aromatic heterocycles. The van der Waals surface area contributed by atoms with E-state index in [1.807, 2.05) is 0 Å². The molecule has 1 aromatic rings. The number of nitrogens with one attached hydrogen (secondary N) is 5. The molecule has 0 heterocycles. The third kappa shape index (κ3) is 82.7. The molecule has 0 aliphatic heterocycles. The number of unbranched alkanes of at least 4 members (excludes halogenated alkanes) is 38. The van der Waals surface area contributed by atoms with Crippen molar-refractivity contribution in [2.24, 2.45) is 5.92 Å². The number of allylic oxidation sites excluding steroid dienone is 4. The van der Waals surface area contributed by atoms with Crippen LogP contribution in [-0.4, -0.2) is 160 Å². The maximum atomic E-state index is 14.2. The standard InChI is InChI=1S/C99H181N5O21P2.2Na.2H/c1-10-16-22-28-32-36-38-42-44-50-56-62-92(105)103-86(81-116-75-70-89(60-54-48-26-20-14-5)123-94(107)64-58-52-46-40-34-30-24-18-12-3)83-121-126(112,113)119-78-73-100-96(109)91(80-85-66-68-88(69-67-85)118-77-72-102-98(111)125-99(7,8)9)97(110)101-74-79-120-127(114,115)122-84-87(104-93(106)63-57-51-45-43-39-37-33-29-23-17-11-2)82-117-76-71-90(61-55-49-27-21-15-6)124-95(108)65-59-53-47-41-35-31-25-19-13-4;;;;/h40-41,46-47,66-69,86-87,89-91H,10-39,42-45,48-65,70-84H2,1-9H3,(H,100,109)(H,101,110)(H,102,111)(H,103,105)(H,104,106)(H,112,113)(H,114,115);;;;/q;2*+1;2*-1/b46-40-,47-41-;;;;/t86?,87?,89-,90-,91?;;;;/m1..../s1. The van der Waals surface area contributed by atoms with E-state index in [4.69, 9.17) is 46.5 Å². The minimum atomic E-state index is -4.87. The van der Waals surface area contributed by atoms with Crippen molar-refractivity contribution in [2.75, 3.05) is 79.1 Å². The van der Waals surface area contributed by atoms with Crippen molar-refractivity contribution in [3.63, 3.8) is 0 Å². The van der Waals surface area contributed by atoms with E-state index >= 15 is 0 Å². The first-order valence-electron chi connectivity index (χ1n) is 50.3. The predicted octanol–water partition coefficient (Wildman–Crippen LogP) is 17.6. The number of hydrogen-bond acceptors (Lipinski definition) is 19. The van der Waals surface area contributed by atoms with Crippen molar-refractivity contribution < 1.29 is 161 Å². The average Bonchev–Trinajstić information content (AvgIpc) is 0.861. The van der Waals surface area contributed by atoms with Crippen molar-refractivity contribution in [2.45, 2.75) is 445 Å². The summed E-state index contributed by atoms with van der Waals surface area (Å²) in [6.45, 7) is 16.1. The molecule has 0 spiro atoms. The molecular formula is C99H183N5Na2O21P2. The second-order valence-corrected chi connectivity index (χ2v) is 38.2. The second kappa shape index (κ2) is 88.7. The van der Waals surface area contributed by atoms with Gasteiger partial charge in [-0.25, -0.2) is 13.9 Å². The van der Waals surface area contributed by atoms with E-state index in [1.165, 1.54) is 128 Å². The summed E-state index contributed by atoms with van der Waals surface area (Å²) in [5.41, 5.74) is -0.165. The van der Waals surface area contributed by atoms with Gasteiger partial charge in [-0.2, -0.15) is 0 Å². The Morgan fingerprint density at radius 1 is 0.380 bits per heavy atom. The van der Waals surface area contributed by atoms with Crippen LogP contribution in [0.5, 0.6) is 5.75 Å². The zero-order chi connectivity index (χ0) is 93.2. The number of ether oxygens (including phenoxy) is 6. The Bertz CT molecular complexity index is 2910. The number of amides is 5. The van der Waals surface area contributed by atoms with Crippen molar-refractivity contribution in [1.82, 2.24) is 26.6 Å². The average molecular weight is 1890 g/mol. The second-order valence-electron chi connectivity index (χ2n) is 35.3. The maximum absolute atomic E-state index is 14.2. The van der Waals surface area contributed by atoms with Crippen LogP contribution >= 0.6 is 15.6 Å². The normalized spacial score (nSPS) is 13.7. The molecule has 1 rings (SSSR count). The van der Waals surface area contributed by atoms with Crippen molar-refractivity contribution in [3.8, 4) is 5.75 Å². The first-order valence-corrected chi connectivity index (χ1v) is 53.3. The molecule has 5 amide bonds. The Labute approximate surface area is 828 Å². The fourth-order valence-corrected chi connectivity index (χ4v) is 16.0. The van der Waals surface area contributed by atoms with Gasteiger partial charge in [-0.3, -0.25) is 46.9 Å². The Morgan fingerprint density at radius 2 is 0.705 bits per heavy atom. The fourth-order valence-electron chi connectivity index (χ4n) is 14.4. The van der Waals surface area contributed by atoms with Crippen LogP contribution in [0.25, 0.3) is 0 Å². The van der Waals surface area contributed by atoms with Crippen LogP contribution in [0.1, 0.15) is 417 Å². The minimum Gasteiger partial charge on any atom is -1.00 e. The van der Waals surface area contributed by atoms with Crippen molar-refractivity contribution >= 4 is 57.3 Å². The summed E-state index contributed by atoms with van der Waals surface area (Å²) in [5, 5.41) is 13.7. The van der Waals surface area contributed by atoms with Gasteiger partial charge in [0.15, 0.2) is 0 Å². The van der Waals surface area contributed by atoms with Crippen LogP contribution in [-0.2, 0) is 86.1 Å². The molecule has 0 radical (unpaired) electrons. The fraction of sp³-hybridized carbons (Fsp3) is 0.828. The Morgan fingerprint density at radius 3 is 1.06 bits per heavy atom. The molecule has 0 aliphatic rings. The quantitative estimate of drug-likeness (QED) is 0.00606. The van der Waals surface area contributed by atoms with Crippen LogP contribution in [0.3, 0.4) is 0 Å². The number of carbonyl (C=O) groups excluding carboxylic acids is 7. The largest absolute Gasteiger partial charge is 1.00 e. The summed E-state index contributed by atoms with van der Waals surface area (Å²) in [6.07, 6.45) is 60.1. The summed E-state index contributed by atoms with van der Waals surface area (Å²) < 4.78 is 84.4.